The topological polar surface area (TPSA) is 53.9 Å². The number of nitrogens with zero attached hydrogens (tertiary/aromatic N) is 3. The second-order valence-electron chi connectivity index (χ2n) is 5.61. The minimum Gasteiger partial charge on any atom is -0.361 e. The molecule has 0 spiro atoms. The first-order valence-corrected chi connectivity index (χ1v) is 8.06. The smallest absolute Gasteiger partial charge is 0.254 e. The molecule has 2 aromatic heterocycles. The third-order valence-electron chi connectivity index (χ3n) is 4.20. The Morgan fingerprint density at radius 1 is 1.36 bits per heavy atom. The van der Waals surface area contributed by atoms with Crippen LogP contribution in [0.5, 0.6) is 0 Å². The summed E-state index contributed by atoms with van der Waals surface area (Å²) in [5.41, 5.74) is 1.73. The van der Waals surface area contributed by atoms with E-state index in [1.54, 1.807) is 6.20 Å². The van der Waals surface area contributed by atoms with Gasteiger partial charge in [-0.1, -0.05) is 6.07 Å². The standard InChI is InChI=1S/C16H15BrN4O/c17-13-8-19-21(9-13)14-4-6-20(10-14)16(22)12-2-1-11-3-5-18-15(11)7-12/h1-3,5,7-9,14,18H,4,6,10H2. The molecular weight excluding hydrogens is 344 g/mol. The van der Waals surface area contributed by atoms with Crippen molar-refractivity contribution < 1.29 is 4.79 Å². The SMILES string of the molecule is O=C(c1ccc2cc[nH]c2c1)N1CCC(n2cc(Br)cn2)C1. The molecular formula is C16H15BrN4O. The molecule has 0 saturated carbocycles. The summed E-state index contributed by atoms with van der Waals surface area (Å²) in [6.45, 7) is 1.47. The summed E-state index contributed by atoms with van der Waals surface area (Å²) in [5, 5.41) is 5.45. The van der Waals surface area contributed by atoms with E-state index in [1.807, 2.05) is 46.2 Å². The lowest BCUT2D eigenvalue weighted by molar-refractivity contribution is 0.0787. The van der Waals surface area contributed by atoms with E-state index >= 15 is 0 Å². The summed E-state index contributed by atoms with van der Waals surface area (Å²) >= 11 is 3.41. The Hall–Kier alpha value is -2.08. The van der Waals surface area contributed by atoms with Crippen molar-refractivity contribution in [3.8, 4) is 0 Å². The minimum absolute atomic E-state index is 0.0882. The number of hydrogen-bond acceptors (Lipinski definition) is 2. The number of nitrogens with one attached hydrogen (secondary N) is 1. The van der Waals surface area contributed by atoms with Crippen LogP contribution in [0.4, 0.5) is 0 Å². The molecule has 1 atom stereocenters. The summed E-state index contributed by atoms with van der Waals surface area (Å²) in [7, 11) is 0. The monoisotopic (exact) mass is 358 g/mol. The van der Waals surface area contributed by atoms with Gasteiger partial charge in [-0.05, 0) is 45.9 Å². The molecule has 0 radical (unpaired) electrons. The third kappa shape index (κ3) is 2.33. The van der Waals surface area contributed by atoms with Crippen LogP contribution in [0.25, 0.3) is 10.9 Å². The molecule has 1 amide bonds. The number of rotatable bonds is 2. The maximum atomic E-state index is 12.7. The quantitative estimate of drug-likeness (QED) is 0.764. The van der Waals surface area contributed by atoms with Crippen LogP contribution in [0.3, 0.4) is 0 Å². The zero-order chi connectivity index (χ0) is 15.1. The van der Waals surface area contributed by atoms with Crippen LogP contribution in [0.1, 0.15) is 22.8 Å². The second kappa shape index (κ2) is 5.28. The van der Waals surface area contributed by atoms with Gasteiger partial charge in [0, 0.05) is 36.6 Å². The predicted molar refractivity (Wildman–Crippen MR) is 87.8 cm³/mol. The molecule has 22 heavy (non-hydrogen) atoms. The summed E-state index contributed by atoms with van der Waals surface area (Å²) < 4.78 is 2.90. The van der Waals surface area contributed by atoms with Gasteiger partial charge in [-0.25, -0.2) is 0 Å². The van der Waals surface area contributed by atoms with Crippen molar-refractivity contribution in [1.29, 1.82) is 0 Å². The first-order chi connectivity index (χ1) is 10.7. The van der Waals surface area contributed by atoms with E-state index in [4.69, 9.17) is 0 Å². The Kier molecular flexibility index (Phi) is 3.26. The van der Waals surface area contributed by atoms with Gasteiger partial charge in [-0.15, -0.1) is 0 Å². The highest BCUT2D eigenvalue weighted by Gasteiger charge is 2.28. The zero-order valence-electron chi connectivity index (χ0n) is 11.9. The molecule has 3 heterocycles. The van der Waals surface area contributed by atoms with Gasteiger partial charge in [0.15, 0.2) is 0 Å². The fourth-order valence-corrected chi connectivity index (χ4v) is 3.32. The van der Waals surface area contributed by atoms with Crippen LogP contribution >= 0.6 is 15.9 Å². The van der Waals surface area contributed by atoms with Crippen LogP contribution < -0.4 is 0 Å². The van der Waals surface area contributed by atoms with Crippen molar-refractivity contribution in [2.45, 2.75) is 12.5 Å². The Balaban J connectivity index is 1.53. The summed E-state index contributed by atoms with van der Waals surface area (Å²) in [6, 6.07) is 8.07. The normalized spacial score (nSPS) is 18.2. The number of H-pyrrole nitrogens is 1. The van der Waals surface area contributed by atoms with Crippen LogP contribution in [0.15, 0.2) is 47.3 Å². The summed E-state index contributed by atoms with van der Waals surface area (Å²) in [5.74, 6) is 0.0882. The lowest BCUT2D eigenvalue weighted by atomic mass is 10.1. The first-order valence-electron chi connectivity index (χ1n) is 7.27. The number of likely N-dealkylation sites (tertiary alicyclic amines) is 1. The Morgan fingerprint density at radius 2 is 2.27 bits per heavy atom. The van der Waals surface area contributed by atoms with Gasteiger partial charge in [-0.2, -0.15) is 5.10 Å². The van der Waals surface area contributed by atoms with Gasteiger partial charge in [0.1, 0.15) is 0 Å². The molecule has 1 aliphatic heterocycles. The van der Waals surface area contributed by atoms with E-state index in [0.717, 1.165) is 33.9 Å². The molecule has 1 unspecified atom stereocenters. The van der Waals surface area contributed by atoms with Crippen molar-refractivity contribution in [3.05, 3.63) is 52.9 Å². The predicted octanol–water partition coefficient (Wildman–Crippen LogP) is 3.21. The average Bonchev–Trinajstić information content (AvgIpc) is 3.25. The van der Waals surface area contributed by atoms with E-state index in [1.165, 1.54) is 0 Å². The van der Waals surface area contributed by atoms with Gasteiger partial charge >= 0.3 is 0 Å². The number of aromatic nitrogens is 3. The van der Waals surface area contributed by atoms with E-state index in [0.29, 0.717) is 6.54 Å². The summed E-state index contributed by atoms with van der Waals surface area (Å²) in [6.07, 6.45) is 6.57. The lowest BCUT2D eigenvalue weighted by Gasteiger charge is -2.17. The zero-order valence-corrected chi connectivity index (χ0v) is 13.5. The van der Waals surface area contributed by atoms with Crippen molar-refractivity contribution >= 4 is 32.7 Å². The molecule has 4 rings (SSSR count). The molecule has 1 fully saturated rings. The van der Waals surface area contributed by atoms with Gasteiger partial charge in [0.2, 0.25) is 0 Å². The number of benzene rings is 1. The van der Waals surface area contributed by atoms with Crippen LogP contribution in [0, 0.1) is 0 Å². The number of amides is 1. The second-order valence-corrected chi connectivity index (χ2v) is 6.53. The van der Waals surface area contributed by atoms with E-state index in [9.17, 15) is 4.79 Å². The largest absolute Gasteiger partial charge is 0.361 e. The summed E-state index contributed by atoms with van der Waals surface area (Å²) in [4.78, 5) is 17.7. The Labute approximate surface area is 136 Å². The minimum atomic E-state index is 0.0882. The number of halogens is 1. The molecule has 0 aliphatic carbocycles. The fourth-order valence-electron chi connectivity index (χ4n) is 3.02. The number of carbonyl (C=O) groups excluding carboxylic acids is 1. The highest BCUT2D eigenvalue weighted by atomic mass is 79.9. The maximum absolute atomic E-state index is 12.7. The molecule has 1 N–H and O–H groups in total. The highest BCUT2D eigenvalue weighted by molar-refractivity contribution is 9.10. The van der Waals surface area contributed by atoms with Crippen LogP contribution in [0.2, 0.25) is 0 Å². The number of fused-ring (bicyclic) bond motifs is 1. The van der Waals surface area contributed by atoms with E-state index in [2.05, 4.69) is 26.0 Å². The average molecular weight is 359 g/mol. The Bertz CT molecular complexity index is 837. The third-order valence-corrected chi connectivity index (χ3v) is 4.61. The highest BCUT2D eigenvalue weighted by Crippen LogP contribution is 2.24. The van der Waals surface area contributed by atoms with Crippen molar-refractivity contribution in [1.82, 2.24) is 19.7 Å². The molecule has 1 saturated heterocycles. The van der Waals surface area contributed by atoms with Crippen LogP contribution in [-0.2, 0) is 0 Å². The molecule has 6 heteroatoms. The lowest BCUT2D eigenvalue weighted by Crippen LogP contribution is -2.29. The van der Waals surface area contributed by atoms with Crippen molar-refractivity contribution in [2.24, 2.45) is 0 Å². The molecule has 5 nitrogen and oxygen atoms in total. The van der Waals surface area contributed by atoms with Crippen LogP contribution in [-0.4, -0.2) is 38.7 Å². The number of hydrogen-bond donors (Lipinski definition) is 1. The van der Waals surface area contributed by atoms with Gasteiger partial charge in [-0.3, -0.25) is 9.48 Å². The molecule has 0 bridgehead atoms. The molecule has 3 aromatic rings. The number of aromatic amines is 1. The van der Waals surface area contributed by atoms with Crippen molar-refractivity contribution in [3.63, 3.8) is 0 Å². The number of carbonyl (C=O) groups is 1. The van der Waals surface area contributed by atoms with Crippen molar-refractivity contribution in [2.75, 3.05) is 13.1 Å². The van der Waals surface area contributed by atoms with Gasteiger partial charge in [0.05, 0.1) is 16.7 Å². The van der Waals surface area contributed by atoms with E-state index < -0.39 is 0 Å². The fraction of sp³-hybridized carbons (Fsp3) is 0.250. The Morgan fingerprint density at radius 3 is 3.09 bits per heavy atom. The molecule has 112 valence electrons. The molecule has 1 aliphatic rings. The van der Waals surface area contributed by atoms with Gasteiger partial charge in [0.25, 0.3) is 5.91 Å². The van der Waals surface area contributed by atoms with Gasteiger partial charge < -0.3 is 9.88 Å². The van der Waals surface area contributed by atoms with E-state index in [-0.39, 0.29) is 11.9 Å². The molecule has 1 aromatic carbocycles. The first kappa shape index (κ1) is 13.6. The maximum Gasteiger partial charge on any atom is 0.254 e.